The molecule has 0 fully saturated rings. The zero-order chi connectivity index (χ0) is 11.6. The number of hydrogen-bond acceptors (Lipinski definition) is 4. The summed E-state index contributed by atoms with van der Waals surface area (Å²) in [7, 11) is 0. The number of nitrogens with two attached hydrogens (primary N) is 1. The molecule has 84 valence electrons. The smallest absolute Gasteiger partial charge is 0.225 e. The molecule has 1 aromatic heterocycles. The van der Waals surface area contributed by atoms with Crippen molar-refractivity contribution in [3.63, 3.8) is 0 Å². The van der Waals surface area contributed by atoms with Gasteiger partial charge in [-0.3, -0.25) is 5.73 Å². The molecule has 1 aromatic rings. The van der Waals surface area contributed by atoms with Crippen molar-refractivity contribution in [3.8, 4) is 5.88 Å². The van der Waals surface area contributed by atoms with Crippen LogP contribution in [0.5, 0.6) is 5.88 Å². The fourth-order valence-corrected chi connectivity index (χ4v) is 1.39. The highest BCUT2D eigenvalue weighted by atomic mass is 35.5. The van der Waals surface area contributed by atoms with E-state index in [0.29, 0.717) is 0 Å². The molecule has 0 saturated carbocycles. The van der Waals surface area contributed by atoms with Crippen LogP contribution in [0.3, 0.4) is 0 Å². The van der Waals surface area contributed by atoms with E-state index in [2.05, 4.69) is 9.97 Å². The lowest BCUT2D eigenvalue weighted by molar-refractivity contribution is 0.0766. The Labute approximate surface area is 96.6 Å². The van der Waals surface area contributed by atoms with E-state index in [1.165, 1.54) is 30.5 Å². The van der Waals surface area contributed by atoms with Crippen molar-refractivity contribution in [1.82, 2.24) is 9.97 Å². The molecule has 1 aliphatic rings. The van der Waals surface area contributed by atoms with Crippen LogP contribution in [-0.2, 0) is 0 Å². The van der Waals surface area contributed by atoms with Gasteiger partial charge in [0.1, 0.15) is 0 Å². The lowest BCUT2D eigenvalue weighted by atomic mass is 10.0. The maximum atomic E-state index is 13.8. The fraction of sp³-hybridized carbons (Fsp3) is 0.200. The van der Waals surface area contributed by atoms with Crippen molar-refractivity contribution >= 4 is 11.6 Å². The maximum Gasteiger partial charge on any atom is 0.225 e. The summed E-state index contributed by atoms with van der Waals surface area (Å²) >= 11 is 5.57. The Bertz CT molecular complexity index is 447. The van der Waals surface area contributed by atoms with Crippen molar-refractivity contribution in [1.29, 1.82) is 0 Å². The number of ether oxygens (including phenoxy) is 1. The molecule has 2 N–H and O–H groups in total. The summed E-state index contributed by atoms with van der Waals surface area (Å²) in [6.45, 7) is 0. The number of aromatic nitrogens is 2. The van der Waals surface area contributed by atoms with Gasteiger partial charge in [0.15, 0.2) is 6.10 Å². The molecular weight excluding hydrogens is 233 g/mol. The first-order valence-electron chi connectivity index (χ1n) is 4.57. The van der Waals surface area contributed by atoms with Crippen LogP contribution in [0.25, 0.3) is 0 Å². The number of allylic oxidation sites excluding steroid dienone is 2. The van der Waals surface area contributed by atoms with E-state index in [-0.39, 0.29) is 11.2 Å². The van der Waals surface area contributed by atoms with Gasteiger partial charge in [-0.2, -0.15) is 4.98 Å². The zero-order valence-corrected chi connectivity index (χ0v) is 8.93. The standard InChI is InChI=1S/C10H9ClFN3O/c11-9-14-6-4-8(15-9)16-7-3-1-2-5-10(7,12)13/h1-7H,13H2. The lowest BCUT2D eigenvalue weighted by Crippen LogP contribution is -2.48. The van der Waals surface area contributed by atoms with Crippen LogP contribution < -0.4 is 10.5 Å². The molecule has 0 amide bonds. The van der Waals surface area contributed by atoms with Crippen LogP contribution in [0.4, 0.5) is 4.39 Å². The molecule has 0 saturated heterocycles. The van der Waals surface area contributed by atoms with Crippen molar-refractivity contribution < 1.29 is 9.13 Å². The van der Waals surface area contributed by atoms with Gasteiger partial charge in [0, 0.05) is 12.3 Å². The second-order valence-electron chi connectivity index (χ2n) is 3.27. The van der Waals surface area contributed by atoms with Gasteiger partial charge >= 0.3 is 0 Å². The molecule has 0 bridgehead atoms. The first-order valence-corrected chi connectivity index (χ1v) is 4.95. The average molecular weight is 242 g/mol. The number of nitrogens with zero attached hydrogens (tertiary/aromatic N) is 2. The van der Waals surface area contributed by atoms with Crippen molar-refractivity contribution in [2.24, 2.45) is 5.73 Å². The molecule has 4 nitrogen and oxygen atoms in total. The molecule has 16 heavy (non-hydrogen) atoms. The highest BCUT2D eigenvalue weighted by molar-refractivity contribution is 6.28. The molecule has 2 atom stereocenters. The number of alkyl halides is 1. The predicted molar refractivity (Wildman–Crippen MR) is 57.8 cm³/mol. The minimum Gasteiger partial charge on any atom is -0.465 e. The summed E-state index contributed by atoms with van der Waals surface area (Å²) in [5, 5.41) is 0.0364. The molecular formula is C10H9ClFN3O. The van der Waals surface area contributed by atoms with Crippen molar-refractivity contribution in [2.75, 3.05) is 0 Å². The highest BCUT2D eigenvalue weighted by Gasteiger charge is 2.34. The minimum atomic E-state index is -2.05. The van der Waals surface area contributed by atoms with Gasteiger partial charge in [-0.05, 0) is 23.8 Å². The second kappa shape index (κ2) is 4.19. The molecule has 1 heterocycles. The van der Waals surface area contributed by atoms with Crippen LogP contribution >= 0.6 is 11.6 Å². The van der Waals surface area contributed by atoms with Gasteiger partial charge in [0.25, 0.3) is 0 Å². The molecule has 0 radical (unpaired) electrons. The quantitative estimate of drug-likeness (QED) is 0.632. The van der Waals surface area contributed by atoms with E-state index in [4.69, 9.17) is 22.1 Å². The van der Waals surface area contributed by atoms with Gasteiger partial charge < -0.3 is 4.74 Å². The third-order valence-corrected chi connectivity index (χ3v) is 2.22. The molecule has 1 aliphatic carbocycles. The van der Waals surface area contributed by atoms with Crippen molar-refractivity contribution in [3.05, 3.63) is 41.9 Å². The Morgan fingerprint density at radius 1 is 1.50 bits per heavy atom. The Hall–Kier alpha value is -1.46. The average Bonchev–Trinajstić information content (AvgIpc) is 2.21. The van der Waals surface area contributed by atoms with E-state index in [9.17, 15) is 4.39 Å². The van der Waals surface area contributed by atoms with E-state index in [1.807, 2.05) is 0 Å². The molecule has 0 aliphatic heterocycles. The number of rotatable bonds is 2. The summed E-state index contributed by atoms with van der Waals surface area (Å²) < 4.78 is 19.0. The fourth-order valence-electron chi connectivity index (χ4n) is 1.26. The van der Waals surface area contributed by atoms with E-state index >= 15 is 0 Å². The van der Waals surface area contributed by atoms with Gasteiger partial charge in [0.2, 0.25) is 17.0 Å². The Morgan fingerprint density at radius 3 is 3.00 bits per heavy atom. The van der Waals surface area contributed by atoms with Crippen LogP contribution in [-0.4, -0.2) is 21.9 Å². The Morgan fingerprint density at radius 2 is 2.31 bits per heavy atom. The Balaban J connectivity index is 2.16. The van der Waals surface area contributed by atoms with E-state index in [1.54, 1.807) is 6.08 Å². The molecule has 6 heteroatoms. The van der Waals surface area contributed by atoms with Crippen LogP contribution in [0, 0.1) is 0 Å². The van der Waals surface area contributed by atoms with Gasteiger partial charge in [0.05, 0.1) is 0 Å². The predicted octanol–water partition coefficient (Wildman–Crippen LogP) is 1.63. The van der Waals surface area contributed by atoms with Crippen LogP contribution in [0.1, 0.15) is 0 Å². The minimum absolute atomic E-state index is 0.0364. The summed E-state index contributed by atoms with van der Waals surface area (Å²) in [5.74, 6) is -1.87. The SMILES string of the molecule is NC1(F)C=CC=CC1Oc1ccnc(Cl)n1. The van der Waals surface area contributed by atoms with Crippen LogP contribution in [0.2, 0.25) is 5.28 Å². The highest BCUT2D eigenvalue weighted by Crippen LogP contribution is 2.22. The lowest BCUT2D eigenvalue weighted by Gasteiger charge is -2.26. The third-order valence-electron chi connectivity index (χ3n) is 2.03. The normalized spacial score (nSPS) is 28.1. The van der Waals surface area contributed by atoms with Crippen LogP contribution in [0.15, 0.2) is 36.6 Å². The second-order valence-corrected chi connectivity index (χ2v) is 3.61. The van der Waals surface area contributed by atoms with Gasteiger partial charge in [-0.25, -0.2) is 9.37 Å². The third kappa shape index (κ3) is 2.37. The molecule has 2 unspecified atom stereocenters. The maximum absolute atomic E-state index is 13.8. The summed E-state index contributed by atoms with van der Waals surface area (Å²) in [5.41, 5.74) is 5.40. The largest absolute Gasteiger partial charge is 0.465 e. The molecule has 0 spiro atoms. The zero-order valence-electron chi connectivity index (χ0n) is 8.18. The van der Waals surface area contributed by atoms with Gasteiger partial charge in [-0.15, -0.1) is 0 Å². The Kier molecular flexibility index (Phi) is 2.89. The summed E-state index contributed by atoms with van der Waals surface area (Å²) in [6, 6.07) is 1.48. The number of halogens is 2. The first-order chi connectivity index (χ1) is 7.58. The number of hydrogen-bond donors (Lipinski definition) is 1. The first kappa shape index (κ1) is 11.0. The van der Waals surface area contributed by atoms with E-state index in [0.717, 1.165) is 0 Å². The van der Waals surface area contributed by atoms with Crippen molar-refractivity contribution in [2.45, 2.75) is 11.9 Å². The van der Waals surface area contributed by atoms with Gasteiger partial charge in [-0.1, -0.05) is 12.2 Å². The van der Waals surface area contributed by atoms with E-state index < -0.39 is 11.9 Å². The summed E-state index contributed by atoms with van der Waals surface area (Å²) in [6.07, 6.45) is 6.40. The molecule has 2 rings (SSSR count). The monoisotopic (exact) mass is 241 g/mol. The summed E-state index contributed by atoms with van der Waals surface area (Å²) in [4.78, 5) is 7.47. The molecule has 0 aromatic carbocycles. The topological polar surface area (TPSA) is 61.0 Å².